The van der Waals surface area contributed by atoms with Crippen molar-refractivity contribution >= 4 is 22.5 Å². The molecule has 0 radical (unpaired) electrons. The van der Waals surface area contributed by atoms with Crippen LogP contribution in [0.3, 0.4) is 0 Å². The molecule has 0 spiro atoms. The van der Waals surface area contributed by atoms with Gasteiger partial charge in [-0.1, -0.05) is 42.5 Å². The van der Waals surface area contributed by atoms with Crippen molar-refractivity contribution in [3.8, 4) is 0 Å². The third-order valence-electron chi connectivity index (χ3n) is 4.25. The topological polar surface area (TPSA) is 74.8 Å². The number of benzene rings is 2. The lowest BCUT2D eigenvalue weighted by Gasteiger charge is -2.24. The first kappa shape index (κ1) is 13.7. The van der Waals surface area contributed by atoms with E-state index >= 15 is 0 Å². The molecule has 0 aliphatic carbocycles. The van der Waals surface area contributed by atoms with Crippen molar-refractivity contribution in [3.05, 3.63) is 69.8 Å². The molecule has 114 valence electrons. The molecule has 5 nitrogen and oxygen atoms in total. The van der Waals surface area contributed by atoms with Gasteiger partial charge in [-0.3, -0.25) is 9.59 Å². The van der Waals surface area contributed by atoms with Crippen LogP contribution in [0.25, 0.3) is 10.8 Å². The molecule has 5 heteroatoms. The molecular weight excluding hydrogens is 290 g/mol. The fourth-order valence-corrected chi connectivity index (χ4v) is 3.19. The maximum absolute atomic E-state index is 12.4. The third kappa shape index (κ3) is 2.30. The van der Waals surface area contributed by atoms with Crippen LogP contribution in [0.1, 0.15) is 29.3 Å². The molecule has 4 rings (SSSR count). The Hall–Kier alpha value is -2.95. The third-order valence-corrected chi connectivity index (χ3v) is 4.25. The average molecular weight is 305 g/mol. The second-order valence-electron chi connectivity index (χ2n) is 5.83. The summed E-state index contributed by atoms with van der Waals surface area (Å²) in [6, 6.07) is 14.1. The summed E-state index contributed by atoms with van der Waals surface area (Å²) in [5.74, 6) is 0.474. The van der Waals surface area contributed by atoms with Crippen molar-refractivity contribution in [1.82, 2.24) is 9.97 Å². The van der Waals surface area contributed by atoms with Gasteiger partial charge in [0.15, 0.2) is 0 Å². The van der Waals surface area contributed by atoms with Crippen LogP contribution in [-0.2, 0) is 4.79 Å². The molecule has 0 unspecified atom stereocenters. The summed E-state index contributed by atoms with van der Waals surface area (Å²) in [7, 11) is 0. The van der Waals surface area contributed by atoms with Gasteiger partial charge in [-0.15, -0.1) is 0 Å². The number of aryl methyl sites for hydroxylation is 1. The van der Waals surface area contributed by atoms with E-state index in [-0.39, 0.29) is 23.8 Å². The van der Waals surface area contributed by atoms with Crippen LogP contribution in [0.4, 0.5) is 5.82 Å². The second kappa shape index (κ2) is 5.05. The predicted molar refractivity (Wildman–Crippen MR) is 88.6 cm³/mol. The summed E-state index contributed by atoms with van der Waals surface area (Å²) < 4.78 is 0. The van der Waals surface area contributed by atoms with Gasteiger partial charge in [-0.25, -0.2) is 4.98 Å². The average Bonchev–Trinajstić information content (AvgIpc) is 2.53. The lowest BCUT2D eigenvalue weighted by atomic mass is 9.86. The Kier molecular flexibility index (Phi) is 3.01. The maximum atomic E-state index is 12.4. The normalized spacial score (nSPS) is 16.9. The number of rotatable bonds is 1. The first-order valence-corrected chi connectivity index (χ1v) is 7.51. The fraction of sp³-hybridized carbons (Fsp3) is 0.167. The monoisotopic (exact) mass is 305 g/mol. The first-order chi connectivity index (χ1) is 11.1. The molecule has 1 atom stereocenters. The number of H-pyrrole nitrogens is 1. The van der Waals surface area contributed by atoms with E-state index in [1.807, 2.05) is 42.5 Å². The van der Waals surface area contributed by atoms with Gasteiger partial charge in [0.05, 0.1) is 5.56 Å². The summed E-state index contributed by atoms with van der Waals surface area (Å²) in [5.41, 5.74) is 1.30. The van der Waals surface area contributed by atoms with E-state index in [0.717, 1.165) is 16.3 Å². The number of nitrogens with one attached hydrogen (secondary N) is 2. The zero-order chi connectivity index (χ0) is 16.0. The largest absolute Gasteiger partial charge is 0.310 e. The molecule has 2 N–H and O–H groups in total. The van der Waals surface area contributed by atoms with E-state index in [2.05, 4.69) is 15.3 Å². The van der Waals surface area contributed by atoms with Crippen LogP contribution in [0.2, 0.25) is 0 Å². The molecule has 2 heterocycles. The van der Waals surface area contributed by atoms with E-state index in [1.165, 1.54) is 0 Å². The maximum Gasteiger partial charge on any atom is 0.256 e. The molecule has 1 aromatic heterocycles. The Morgan fingerprint density at radius 3 is 2.70 bits per heavy atom. The number of aromatic amines is 1. The van der Waals surface area contributed by atoms with Gasteiger partial charge in [0, 0.05) is 12.3 Å². The van der Waals surface area contributed by atoms with Gasteiger partial charge in [0.1, 0.15) is 11.6 Å². The summed E-state index contributed by atoms with van der Waals surface area (Å²) in [6.07, 6.45) is 0.249. The number of carbonyl (C=O) groups excluding carboxylic acids is 1. The summed E-state index contributed by atoms with van der Waals surface area (Å²) in [4.78, 5) is 31.4. The number of hydrogen-bond acceptors (Lipinski definition) is 3. The summed E-state index contributed by atoms with van der Waals surface area (Å²) in [5, 5.41) is 4.93. The van der Waals surface area contributed by atoms with E-state index in [4.69, 9.17) is 0 Å². The highest BCUT2D eigenvalue weighted by Crippen LogP contribution is 2.34. The molecule has 23 heavy (non-hydrogen) atoms. The zero-order valence-electron chi connectivity index (χ0n) is 12.6. The minimum Gasteiger partial charge on any atom is -0.310 e. The quantitative estimate of drug-likeness (QED) is 0.726. The molecule has 0 bridgehead atoms. The van der Waals surface area contributed by atoms with Gasteiger partial charge < -0.3 is 10.3 Å². The van der Waals surface area contributed by atoms with Crippen LogP contribution < -0.4 is 10.9 Å². The molecule has 0 saturated heterocycles. The molecule has 0 fully saturated rings. The van der Waals surface area contributed by atoms with Gasteiger partial charge in [-0.2, -0.15) is 0 Å². The van der Waals surface area contributed by atoms with Crippen molar-refractivity contribution in [2.24, 2.45) is 0 Å². The van der Waals surface area contributed by atoms with Crippen molar-refractivity contribution in [3.63, 3.8) is 0 Å². The van der Waals surface area contributed by atoms with Crippen LogP contribution in [0.5, 0.6) is 0 Å². The van der Waals surface area contributed by atoms with Crippen LogP contribution >= 0.6 is 0 Å². The lowest BCUT2D eigenvalue weighted by Crippen LogP contribution is -2.31. The highest BCUT2D eigenvalue weighted by atomic mass is 16.2. The van der Waals surface area contributed by atoms with E-state index in [1.54, 1.807) is 6.92 Å². The molecular formula is C18H15N3O2. The highest BCUT2D eigenvalue weighted by molar-refractivity contribution is 5.94. The van der Waals surface area contributed by atoms with Crippen molar-refractivity contribution in [2.75, 3.05) is 5.32 Å². The van der Waals surface area contributed by atoms with Crippen molar-refractivity contribution < 1.29 is 4.79 Å². The van der Waals surface area contributed by atoms with Crippen molar-refractivity contribution in [2.45, 2.75) is 19.3 Å². The molecule has 1 aliphatic rings. The Morgan fingerprint density at radius 1 is 1.09 bits per heavy atom. The standard InChI is InChI=1S/C18H15N3O2/c1-10-19-17-16(18(23)20-10)14(9-15(22)21-17)13-7-6-11-4-2-3-5-12(11)8-13/h2-8,14H,9H2,1H3,(H2,19,20,21,22,23)/t14-/m1/s1. The molecule has 3 aromatic rings. The number of fused-ring (bicyclic) bond motifs is 2. The lowest BCUT2D eigenvalue weighted by molar-refractivity contribution is -0.116. The molecule has 1 amide bonds. The molecule has 0 saturated carbocycles. The summed E-state index contributed by atoms with van der Waals surface area (Å²) in [6.45, 7) is 1.70. The van der Waals surface area contributed by atoms with Crippen molar-refractivity contribution in [1.29, 1.82) is 0 Å². The van der Waals surface area contributed by atoms with Crippen LogP contribution in [-0.4, -0.2) is 15.9 Å². The molecule has 2 aromatic carbocycles. The Balaban J connectivity index is 1.91. The van der Waals surface area contributed by atoms with E-state index in [9.17, 15) is 9.59 Å². The number of aromatic nitrogens is 2. The predicted octanol–water partition coefficient (Wildman–Crippen LogP) is 2.71. The van der Waals surface area contributed by atoms with Crippen LogP contribution in [0.15, 0.2) is 47.3 Å². The van der Waals surface area contributed by atoms with Gasteiger partial charge in [-0.05, 0) is 23.3 Å². The number of anilines is 1. The van der Waals surface area contributed by atoms with E-state index < -0.39 is 0 Å². The highest BCUT2D eigenvalue weighted by Gasteiger charge is 2.30. The number of amides is 1. The number of nitrogens with zero attached hydrogens (tertiary/aromatic N) is 1. The fourth-order valence-electron chi connectivity index (χ4n) is 3.19. The Labute approximate surface area is 132 Å². The number of carbonyl (C=O) groups is 1. The smallest absolute Gasteiger partial charge is 0.256 e. The second-order valence-corrected chi connectivity index (χ2v) is 5.83. The van der Waals surface area contributed by atoms with Gasteiger partial charge in [0.2, 0.25) is 5.91 Å². The first-order valence-electron chi connectivity index (χ1n) is 7.51. The van der Waals surface area contributed by atoms with Gasteiger partial charge in [0.25, 0.3) is 5.56 Å². The van der Waals surface area contributed by atoms with E-state index in [0.29, 0.717) is 17.2 Å². The number of hydrogen-bond donors (Lipinski definition) is 2. The Bertz CT molecular complexity index is 991. The Morgan fingerprint density at radius 2 is 1.87 bits per heavy atom. The minimum absolute atomic E-state index is 0.117. The zero-order valence-corrected chi connectivity index (χ0v) is 12.6. The van der Waals surface area contributed by atoms with Crippen LogP contribution in [0, 0.1) is 6.92 Å². The minimum atomic E-state index is -0.278. The molecule has 1 aliphatic heterocycles. The van der Waals surface area contributed by atoms with Gasteiger partial charge >= 0.3 is 0 Å². The summed E-state index contributed by atoms with van der Waals surface area (Å²) >= 11 is 0. The SMILES string of the molecule is Cc1nc2c(c(=O)[nH]1)[C@@H](c1ccc3ccccc3c1)CC(=O)N2.